The zero-order valence-electron chi connectivity index (χ0n) is 20.2. The lowest BCUT2D eigenvalue weighted by molar-refractivity contribution is 0.0596. The molecule has 0 heterocycles. The number of fused-ring (bicyclic) bond motifs is 1. The molecule has 0 aromatic heterocycles. The molecule has 0 amide bonds. The van der Waals surface area contributed by atoms with Gasteiger partial charge in [-0.15, -0.1) is 0 Å². The topological polar surface area (TPSA) is 60.7 Å². The van der Waals surface area contributed by atoms with Crippen LogP contribution < -0.4 is 0 Å². The van der Waals surface area contributed by atoms with E-state index in [1.54, 1.807) is 5.57 Å². The van der Waals surface area contributed by atoms with Gasteiger partial charge in [-0.3, -0.25) is 0 Å². The van der Waals surface area contributed by atoms with E-state index >= 15 is 0 Å². The number of rotatable bonds is 6. The highest BCUT2D eigenvalue weighted by Gasteiger charge is 2.50. The number of allylic oxidation sites excluding steroid dienone is 4. The minimum Gasteiger partial charge on any atom is -0.516 e. The van der Waals surface area contributed by atoms with E-state index in [4.69, 9.17) is 0 Å². The Morgan fingerprint density at radius 1 is 1.23 bits per heavy atom. The molecule has 0 bridgehead atoms. The summed E-state index contributed by atoms with van der Waals surface area (Å²) in [5.41, 5.74) is 4.20. The molecule has 3 aliphatic carbocycles. The van der Waals surface area contributed by atoms with Gasteiger partial charge in [0.1, 0.15) is 0 Å². The van der Waals surface area contributed by atoms with Gasteiger partial charge < -0.3 is 15.3 Å². The Morgan fingerprint density at radius 3 is 2.65 bits per heavy atom. The van der Waals surface area contributed by atoms with Crippen molar-refractivity contribution in [3.05, 3.63) is 47.3 Å². The molecule has 0 aliphatic heterocycles. The van der Waals surface area contributed by atoms with Crippen molar-refractivity contribution in [2.75, 3.05) is 0 Å². The van der Waals surface area contributed by atoms with E-state index in [-0.39, 0.29) is 0 Å². The second-order valence-electron chi connectivity index (χ2n) is 11.4. The van der Waals surface area contributed by atoms with Crippen LogP contribution in [-0.4, -0.2) is 27.0 Å². The summed E-state index contributed by atoms with van der Waals surface area (Å²) in [4.78, 5) is 0. The van der Waals surface area contributed by atoms with Crippen molar-refractivity contribution < 1.29 is 15.3 Å². The Hall–Kier alpha value is -1.32. The molecule has 0 spiro atoms. The third-order valence-electron chi connectivity index (χ3n) is 8.55. The van der Waals surface area contributed by atoms with Gasteiger partial charge in [0.2, 0.25) is 0 Å². The molecule has 1 unspecified atom stereocenters. The van der Waals surface area contributed by atoms with Crippen molar-refractivity contribution in [3.8, 4) is 0 Å². The van der Waals surface area contributed by atoms with Crippen molar-refractivity contribution in [2.45, 2.75) is 104 Å². The number of aliphatic hydroxyl groups is 3. The van der Waals surface area contributed by atoms with Crippen LogP contribution in [0, 0.1) is 23.2 Å². The van der Waals surface area contributed by atoms with Gasteiger partial charge in [-0.25, -0.2) is 0 Å². The van der Waals surface area contributed by atoms with Crippen LogP contribution >= 0.6 is 0 Å². The van der Waals surface area contributed by atoms with Crippen LogP contribution in [0.25, 0.3) is 0 Å². The average molecular weight is 429 g/mol. The molecule has 0 saturated heterocycles. The average Bonchev–Trinajstić information content (AvgIpc) is 3.04. The van der Waals surface area contributed by atoms with E-state index in [0.717, 1.165) is 36.2 Å². The van der Waals surface area contributed by atoms with Crippen LogP contribution in [0.1, 0.15) is 91.9 Å². The van der Waals surface area contributed by atoms with Crippen LogP contribution in [-0.2, 0) is 0 Å². The molecule has 3 N–H and O–H groups in total. The first-order valence-corrected chi connectivity index (χ1v) is 12.4. The first-order valence-electron chi connectivity index (χ1n) is 12.4. The van der Waals surface area contributed by atoms with Gasteiger partial charge >= 0.3 is 0 Å². The fraction of sp³-hybridized carbons (Fsp3) is 0.714. The lowest BCUT2D eigenvalue weighted by Gasteiger charge is -2.44. The molecule has 0 aromatic rings. The third-order valence-corrected chi connectivity index (χ3v) is 8.55. The smallest absolute Gasteiger partial charge is 0.0826 e. The normalized spacial score (nSPS) is 36.9. The summed E-state index contributed by atoms with van der Waals surface area (Å²) in [6, 6.07) is 0. The van der Waals surface area contributed by atoms with Crippen LogP contribution in [0.5, 0.6) is 0 Å². The summed E-state index contributed by atoms with van der Waals surface area (Å²) in [5, 5.41) is 29.6. The lowest BCUT2D eigenvalue weighted by Crippen LogP contribution is -2.36. The van der Waals surface area contributed by atoms with Crippen molar-refractivity contribution >= 4 is 0 Å². The van der Waals surface area contributed by atoms with Gasteiger partial charge in [0.15, 0.2) is 0 Å². The molecule has 31 heavy (non-hydrogen) atoms. The van der Waals surface area contributed by atoms with Gasteiger partial charge in [0, 0.05) is 6.42 Å². The summed E-state index contributed by atoms with van der Waals surface area (Å²) in [6.07, 6.45) is 15.6. The molecular weight excluding hydrogens is 384 g/mol. The highest BCUT2D eigenvalue weighted by Crippen LogP contribution is 2.60. The molecule has 3 nitrogen and oxygen atoms in total. The second-order valence-corrected chi connectivity index (χ2v) is 11.4. The second kappa shape index (κ2) is 9.67. The van der Waals surface area contributed by atoms with E-state index < -0.39 is 11.7 Å². The number of aliphatic hydroxyl groups excluding tert-OH is 2. The van der Waals surface area contributed by atoms with E-state index in [0.29, 0.717) is 35.7 Å². The highest BCUT2D eigenvalue weighted by molar-refractivity contribution is 5.41. The molecule has 5 atom stereocenters. The van der Waals surface area contributed by atoms with E-state index in [9.17, 15) is 15.3 Å². The standard InChI is InChI=1S/C28H44O3/c1-19(8-6-14-27(3,4)31)24-12-13-25-21(9-7-15-28(24,25)5)10-11-22-17-26(30)23(18-29)16-20(22)2/h10-11,18-19,24-26,29-31H,2,6-9,12-17H2,1,3-5H3/b21-10?,22-11-,23-18?/t19-,24-,25?,26-,28-/m1/s1. The Morgan fingerprint density at radius 2 is 1.97 bits per heavy atom. The molecule has 3 heteroatoms. The van der Waals surface area contributed by atoms with Crippen molar-refractivity contribution in [3.63, 3.8) is 0 Å². The fourth-order valence-electron chi connectivity index (χ4n) is 6.76. The van der Waals surface area contributed by atoms with Crippen molar-refractivity contribution in [2.24, 2.45) is 23.2 Å². The number of hydrogen-bond acceptors (Lipinski definition) is 3. The van der Waals surface area contributed by atoms with Crippen LogP contribution in [0.3, 0.4) is 0 Å². The van der Waals surface area contributed by atoms with Crippen molar-refractivity contribution in [1.82, 2.24) is 0 Å². The van der Waals surface area contributed by atoms with E-state index in [1.807, 2.05) is 13.8 Å². The van der Waals surface area contributed by atoms with Gasteiger partial charge in [0.25, 0.3) is 0 Å². The Bertz CT molecular complexity index is 751. The zero-order valence-corrected chi connectivity index (χ0v) is 20.2. The molecule has 0 aromatic carbocycles. The van der Waals surface area contributed by atoms with E-state index in [1.165, 1.54) is 38.5 Å². The van der Waals surface area contributed by atoms with Crippen LogP contribution in [0.4, 0.5) is 0 Å². The summed E-state index contributed by atoms with van der Waals surface area (Å²) in [6.45, 7) is 13.0. The minimum absolute atomic E-state index is 0.382. The van der Waals surface area contributed by atoms with Gasteiger partial charge in [-0.1, -0.05) is 51.0 Å². The summed E-state index contributed by atoms with van der Waals surface area (Å²) < 4.78 is 0. The monoisotopic (exact) mass is 428 g/mol. The quantitative estimate of drug-likeness (QED) is 0.408. The molecule has 174 valence electrons. The van der Waals surface area contributed by atoms with Gasteiger partial charge in [-0.05, 0) is 98.7 Å². The number of hydrogen-bond donors (Lipinski definition) is 3. The van der Waals surface area contributed by atoms with Crippen LogP contribution in [0.2, 0.25) is 0 Å². The van der Waals surface area contributed by atoms with E-state index in [2.05, 4.69) is 32.6 Å². The third kappa shape index (κ3) is 5.54. The molecule has 3 rings (SSSR count). The minimum atomic E-state index is -0.600. The maximum atomic E-state index is 10.3. The summed E-state index contributed by atoms with van der Waals surface area (Å²) >= 11 is 0. The molecule has 3 fully saturated rings. The van der Waals surface area contributed by atoms with Crippen LogP contribution in [0.15, 0.2) is 47.3 Å². The molecular formula is C28H44O3. The highest BCUT2D eigenvalue weighted by atomic mass is 16.3. The molecule has 0 radical (unpaired) electrons. The SMILES string of the molecule is C=C1CC(=CO)[C@H](O)C/C1=C/C=C1CCC[C@@]2(C)C1CC[C@@H]2[C@H](C)CCCC(C)(C)O. The first kappa shape index (κ1) is 24.3. The largest absolute Gasteiger partial charge is 0.516 e. The maximum Gasteiger partial charge on any atom is 0.0826 e. The molecule has 3 saturated carbocycles. The predicted molar refractivity (Wildman–Crippen MR) is 129 cm³/mol. The summed E-state index contributed by atoms with van der Waals surface area (Å²) in [7, 11) is 0. The maximum absolute atomic E-state index is 10.3. The fourth-order valence-corrected chi connectivity index (χ4v) is 6.76. The Balaban J connectivity index is 1.70. The summed E-state index contributed by atoms with van der Waals surface area (Å²) in [5.74, 6) is 2.13. The zero-order chi connectivity index (χ0) is 22.8. The van der Waals surface area contributed by atoms with Crippen molar-refractivity contribution in [1.29, 1.82) is 0 Å². The predicted octanol–water partition coefficient (Wildman–Crippen LogP) is 6.79. The Labute approximate surface area is 189 Å². The first-order chi connectivity index (χ1) is 14.5. The lowest BCUT2D eigenvalue weighted by atomic mass is 9.60. The Kier molecular flexibility index (Phi) is 7.58. The van der Waals surface area contributed by atoms with Gasteiger partial charge in [-0.2, -0.15) is 0 Å². The van der Waals surface area contributed by atoms with Gasteiger partial charge in [0.05, 0.1) is 18.0 Å². The molecule has 3 aliphatic rings.